The van der Waals surface area contributed by atoms with Gasteiger partial charge in [0.15, 0.2) is 4.34 Å². The molecule has 4 aromatic rings. The molecule has 2 heterocycles. The second-order valence-corrected chi connectivity index (χ2v) is 10.8. The summed E-state index contributed by atoms with van der Waals surface area (Å²) in [7, 11) is 0. The Bertz CT molecular complexity index is 1470. The molecule has 1 fully saturated rings. The number of amides is 1. The van der Waals surface area contributed by atoms with Gasteiger partial charge in [0, 0.05) is 16.3 Å². The van der Waals surface area contributed by atoms with Crippen LogP contribution < -0.4 is 4.90 Å². The van der Waals surface area contributed by atoms with E-state index in [1.54, 1.807) is 24.3 Å². The quantitative estimate of drug-likeness (QED) is 0.101. The van der Waals surface area contributed by atoms with E-state index in [4.69, 9.17) is 11.6 Å². The maximum atomic E-state index is 13.3. The van der Waals surface area contributed by atoms with Gasteiger partial charge >= 0.3 is 5.91 Å². The normalized spacial score (nSPS) is 17.1. The molecule has 5 rings (SSSR count). The molecule has 0 spiro atoms. The number of carbonyl (C=O) groups is 2. The fraction of sp³-hybridized carbons (Fsp3) is 0.111. The minimum Gasteiger partial charge on any atom is -0.507 e. The summed E-state index contributed by atoms with van der Waals surface area (Å²) in [5.41, 5.74) is 3.17. The highest BCUT2D eigenvalue weighted by Crippen LogP contribution is 2.44. The van der Waals surface area contributed by atoms with E-state index in [-0.39, 0.29) is 16.5 Å². The lowest BCUT2D eigenvalue weighted by Gasteiger charge is -2.22. The summed E-state index contributed by atoms with van der Waals surface area (Å²) in [6.07, 6.45) is 0. The van der Waals surface area contributed by atoms with E-state index >= 15 is 0 Å². The largest absolute Gasteiger partial charge is 0.507 e. The van der Waals surface area contributed by atoms with Crippen molar-refractivity contribution in [3.05, 3.63) is 112 Å². The van der Waals surface area contributed by atoms with Gasteiger partial charge in [-0.1, -0.05) is 113 Å². The molecule has 1 unspecified atom stereocenters. The van der Waals surface area contributed by atoms with Crippen LogP contribution in [0, 0.1) is 6.92 Å². The molecule has 1 saturated heterocycles. The highest BCUT2D eigenvalue weighted by atomic mass is 35.5. The fourth-order valence-electron chi connectivity index (χ4n) is 3.96. The van der Waals surface area contributed by atoms with Crippen molar-refractivity contribution in [3.63, 3.8) is 0 Å². The first-order valence-corrected chi connectivity index (χ1v) is 13.2. The number of benzene rings is 3. The van der Waals surface area contributed by atoms with E-state index in [9.17, 15) is 14.7 Å². The number of aliphatic hydroxyl groups excluding tert-OH is 1. The Balaban J connectivity index is 1.54. The summed E-state index contributed by atoms with van der Waals surface area (Å²) in [6, 6.07) is 23.0. The second-order valence-electron chi connectivity index (χ2n) is 8.18. The van der Waals surface area contributed by atoms with E-state index < -0.39 is 17.7 Å². The predicted octanol–water partition coefficient (Wildman–Crippen LogP) is 6.42. The molecule has 1 N–H and O–H groups in total. The third-order valence-corrected chi connectivity index (χ3v) is 8.27. The number of hydrogen-bond donors (Lipinski definition) is 1. The van der Waals surface area contributed by atoms with Crippen molar-refractivity contribution < 1.29 is 14.7 Å². The van der Waals surface area contributed by atoms with Gasteiger partial charge in [0.25, 0.3) is 5.78 Å². The van der Waals surface area contributed by atoms with Gasteiger partial charge in [-0.2, -0.15) is 0 Å². The number of aliphatic hydroxyl groups is 1. The maximum absolute atomic E-state index is 13.3. The lowest BCUT2D eigenvalue weighted by Crippen LogP contribution is -2.29. The van der Waals surface area contributed by atoms with Crippen molar-refractivity contribution in [2.45, 2.75) is 23.1 Å². The monoisotopic (exact) mass is 533 g/mol. The minimum atomic E-state index is -0.833. The van der Waals surface area contributed by atoms with Gasteiger partial charge in [0.1, 0.15) is 5.76 Å². The molecule has 0 aliphatic carbocycles. The number of ketones is 1. The van der Waals surface area contributed by atoms with Gasteiger partial charge in [-0.05, 0) is 24.1 Å². The number of nitrogens with zero attached hydrogens (tertiary/aromatic N) is 3. The number of halogens is 1. The highest BCUT2D eigenvalue weighted by Gasteiger charge is 2.48. The maximum Gasteiger partial charge on any atom is 0.301 e. The minimum absolute atomic E-state index is 0.0236. The predicted molar refractivity (Wildman–Crippen MR) is 143 cm³/mol. The lowest BCUT2D eigenvalue weighted by molar-refractivity contribution is -0.132. The van der Waals surface area contributed by atoms with E-state index in [1.165, 1.54) is 28.0 Å². The summed E-state index contributed by atoms with van der Waals surface area (Å²) in [6.45, 7) is 1.96. The summed E-state index contributed by atoms with van der Waals surface area (Å²) >= 11 is 8.93. The van der Waals surface area contributed by atoms with Crippen LogP contribution in [0.25, 0.3) is 5.76 Å². The second kappa shape index (κ2) is 10.3. The van der Waals surface area contributed by atoms with Crippen LogP contribution >= 0.6 is 34.7 Å². The molecule has 180 valence electrons. The van der Waals surface area contributed by atoms with Gasteiger partial charge < -0.3 is 5.11 Å². The zero-order chi connectivity index (χ0) is 25.2. The molecule has 1 amide bonds. The van der Waals surface area contributed by atoms with Crippen molar-refractivity contribution in [1.82, 2.24) is 10.2 Å². The summed E-state index contributed by atoms with van der Waals surface area (Å²) in [4.78, 5) is 27.9. The number of thioether (sulfide) groups is 1. The molecular weight excluding hydrogens is 514 g/mol. The molecule has 9 heteroatoms. The van der Waals surface area contributed by atoms with Crippen LogP contribution in [0.4, 0.5) is 5.13 Å². The molecule has 1 atom stereocenters. The van der Waals surface area contributed by atoms with Crippen molar-refractivity contribution in [2.24, 2.45) is 0 Å². The Morgan fingerprint density at radius 1 is 1.00 bits per heavy atom. The number of rotatable bonds is 6. The Morgan fingerprint density at radius 3 is 2.42 bits per heavy atom. The van der Waals surface area contributed by atoms with Crippen molar-refractivity contribution in [2.75, 3.05) is 4.90 Å². The van der Waals surface area contributed by atoms with Crippen LogP contribution in [-0.2, 0) is 15.3 Å². The molecule has 6 nitrogen and oxygen atoms in total. The van der Waals surface area contributed by atoms with Crippen molar-refractivity contribution in [1.29, 1.82) is 0 Å². The summed E-state index contributed by atoms with van der Waals surface area (Å²) in [5.74, 6) is -1.15. The zero-order valence-electron chi connectivity index (χ0n) is 19.1. The standard InChI is InChI=1S/C27H20ClN3O3S2/c1-16-11-13-17(14-12-16)22-21(23(32)18-7-3-2-4-8-18)24(33)25(34)31(22)26-29-30-27(36-26)35-15-19-9-5-6-10-20(19)28/h2-14,22,32H,15H2,1H3/b23-21-. The lowest BCUT2D eigenvalue weighted by atomic mass is 9.95. The molecule has 3 aromatic carbocycles. The van der Waals surface area contributed by atoms with E-state index in [0.29, 0.717) is 26.2 Å². The summed E-state index contributed by atoms with van der Waals surface area (Å²) in [5, 5.41) is 20.6. The topological polar surface area (TPSA) is 83.4 Å². The first kappa shape index (κ1) is 24.2. The number of anilines is 1. The summed E-state index contributed by atoms with van der Waals surface area (Å²) < 4.78 is 0.637. The third kappa shape index (κ3) is 4.67. The molecule has 1 aromatic heterocycles. The number of carbonyl (C=O) groups excluding carboxylic acids is 2. The molecule has 0 saturated carbocycles. The van der Waals surface area contributed by atoms with Crippen LogP contribution in [0.5, 0.6) is 0 Å². The molecule has 0 bridgehead atoms. The Hall–Kier alpha value is -3.46. The van der Waals surface area contributed by atoms with Crippen molar-refractivity contribution in [3.8, 4) is 0 Å². The Morgan fingerprint density at radius 2 is 1.69 bits per heavy atom. The van der Waals surface area contributed by atoms with Gasteiger partial charge in [-0.15, -0.1) is 10.2 Å². The first-order chi connectivity index (χ1) is 17.4. The van der Waals surface area contributed by atoms with E-state index in [2.05, 4.69) is 10.2 Å². The zero-order valence-corrected chi connectivity index (χ0v) is 21.5. The van der Waals surface area contributed by atoms with Gasteiger partial charge in [-0.25, -0.2) is 0 Å². The Labute approximate surface area is 221 Å². The van der Waals surface area contributed by atoms with Gasteiger partial charge in [0.2, 0.25) is 5.13 Å². The van der Waals surface area contributed by atoms with Gasteiger partial charge in [0.05, 0.1) is 11.6 Å². The number of aromatic nitrogens is 2. The van der Waals surface area contributed by atoms with Crippen LogP contribution in [0.3, 0.4) is 0 Å². The number of aryl methyl sites for hydroxylation is 1. The SMILES string of the molecule is Cc1ccc(C2/C(=C(/O)c3ccccc3)C(=O)C(=O)N2c2nnc(SCc3ccccc3Cl)s2)cc1. The molecule has 36 heavy (non-hydrogen) atoms. The van der Waals surface area contributed by atoms with E-state index in [1.807, 2.05) is 61.5 Å². The molecule has 1 aliphatic heterocycles. The Kier molecular flexibility index (Phi) is 6.91. The average Bonchev–Trinajstić information content (AvgIpc) is 3.46. The molecule has 0 radical (unpaired) electrons. The smallest absolute Gasteiger partial charge is 0.301 e. The van der Waals surface area contributed by atoms with Crippen molar-refractivity contribution >= 4 is 57.3 Å². The highest BCUT2D eigenvalue weighted by molar-refractivity contribution is 8.00. The first-order valence-electron chi connectivity index (χ1n) is 11.1. The average molecular weight is 534 g/mol. The molecular formula is C27H20ClN3O3S2. The third-order valence-electron chi connectivity index (χ3n) is 5.80. The number of hydrogen-bond acceptors (Lipinski definition) is 7. The fourth-order valence-corrected chi connectivity index (χ4v) is 6.11. The molecule has 1 aliphatic rings. The van der Waals surface area contributed by atoms with Crippen LogP contribution in [-0.4, -0.2) is 27.0 Å². The van der Waals surface area contributed by atoms with Crippen LogP contribution in [0.1, 0.15) is 28.3 Å². The number of Topliss-reactive ketones (excluding diaryl/α,β-unsaturated/α-hetero) is 1. The van der Waals surface area contributed by atoms with E-state index in [0.717, 1.165) is 11.1 Å². The van der Waals surface area contributed by atoms with Crippen LogP contribution in [0.15, 0.2) is 88.8 Å². The van der Waals surface area contributed by atoms with Gasteiger partial charge in [-0.3, -0.25) is 14.5 Å². The van der Waals surface area contributed by atoms with Crippen LogP contribution in [0.2, 0.25) is 5.02 Å².